The third-order valence-electron chi connectivity index (χ3n) is 0.775. The molecule has 0 atom stereocenters. The topological polar surface area (TPSA) is 311 Å². The molecular formula is C4H16N8O9P2. The Balaban J connectivity index is -0.000000264. The van der Waals surface area contributed by atoms with E-state index in [1.807, 2.05) is 10.6 Å². The summed E-state index contributed by atoms with van der Waals surface area (Å²) in [7, 11) is -10.1. The summed E-state index contributed by atoms with van der Waals surface area (Å²) in [5.41, 5.74) is 9.16. The van der Waals surface area contributed by atoms with Crippen LogP contribution < -0.4 is 33.8 Å². The van der Waals surface area contributed by atoms with Crippen molar-refractivity contribution in [3.05, 3.63) is 0 Å². The van der Waals surface area contributed by atoms with E-state index in [9.17, 15) is 18.7 Å². The SMILES string of the molecule is NN=CNC(N)=O.NN=CNC(N)=O.O=P(O)(O)OP(=O)(O)O. The second-order valence-electron chi connectivity index (χ2n) is 2.64. The number of hydrogen-bond donors (Lipinski definition) is 10. The number of primary amides is 2. The lowest BCUT2D eigenvalue weighted by Crippen LogP contribution is -2.28. The molecule has 19 heteroatoms. The van der Waals surface area contributed by atoms with E-state index in [0.717, 1.165) is 12.7 Å². The standard InChI is InChI=1S/2C2H6N4O.H4O7P2/c2*3-2(7)5-1-6-4;1-8(2,3)7-9(4,5)6/h2*1H,4H2,(H3,3,5,6,7);(H2,1,2,3)(H2,4,5,6). The van der Waals surface area contributed by atoms with Crippen LogP contribution in [-0.2, 0) is 13.4 Å². The molecular weight excluding hydrogens is 366 g/mol. The van der Waals surface area contributed by atoms with Crippen molar-refractivity contribution >= 4 is 40.4 Å². The van der Waals surface area contributed by atoms with E-state index in [2.05, 4.69) is 37.7 Å². The second kappa shape index (κ2) is 13.4. The number of nitrogens with two attached hydrogens (primary N) is 4. The molecule has 0 saturated carbocycles. The minimum atomic E-state index is -5.05. The Labute approximate surface area is 128 Å². The summed E-state index contributed by atoms with van der Waals surface area (Å²) in [4.78, 5) is 50.4. The van der Waals surface area contributed by atoms with Crippen LogP contribution >= 0.6 is 15.6 Å². The maximum absolute atomic E-state index is 9.72. The molecule has 0 aliphatic carbocycles. The van der Waals surface area contributed by atoms with E-state index >= 15 is 0 Å². The number of carbonyl (C=O) groups excluding carboxylic acids is 2. The fourth-order valence-corrected chi connectivity index (χ4v) is 1.45. The first-order valence-electron chi connectivity index (χ1n) is 4.63. The molecule has 0 spiro atoms. The zero-order valence-electron chi connectivity index (χ0n) is 11.1. The highest BCUT2D eigenvalue weighted by atomic mass is 31.3. The number of phosphoric acid groups is 2. The van der Waals surface area contributed by atoms with Gasteiger partial charge in [-0.05, 0) is 0 Å². The molecule has 0 heterocycles. The number of carbonyl (C=O) groups is 2. The van der Waals surface area contributed by atoms with Gasteiger partial charge in [-0.2, -0.15) is 14.5 Å². The van der Waals surface area contributed by atoms with Crippen LogP contribution in [0, 0.1) is 0 Å². The molecule has 136 valence electrons. The number of hydrazone groups is 2. The molecule has 0 aromatic rings. The molecule has 23 heavy (non-hydrogen) atoms. The van der Waals surface area contributed by atoms with Crippen LogP contribution in [0.1, 0.15) is 0 Å². The maximum atomic E-state index is 9.72. The molecule has 4 amide bonds. The predicted molar refractivity (Wildman–Crippen MR) is 76.0 cm³/mol. The number of amides is 4. The summed E-state index contributed by atoms with van der Waals surface area (Å²) < 4.78 is 22.2. The van der Waals surface area contributed by atoms with Crippen molar-refractivity contribution in [2.45, 2.75) is 0 Å². The van der Waals surface area contributed by atoms with E-state index in [-0.39, 0.29) is 0 Å². The van der Waals surface area contributed by atoms with Crippen LogP contribution in [0.25, 0.3) is 0 Å². The summed E-state index contributed by atoms with van der Waals surface area (Å²) in [5.74, 6) is 9.15. The smallest absolute Gasteiger partial charge is 0.351 e. The molecule has 0 saturated heterocycles. The van der Waals surface area contributed by atoms with E-state index < -0.39 is 27.7 Å². The Bertz CT molecular complexity index is 452. The number of nitrogens with zero attached hydrogens (tertiary/aromatic N) is 2. The van der Waals surface area contributed by atoms with Gasteiger partial charge in [-0.25, -0.2) is 18.7 Å². The molecule has 0 radical (unpaired) electrons. The van der Waals surface area contributed by atoms with Gasteiger partial charge in [0.05, 0.1) is 0 Å². The highest BCUT2D eigenvalue weighted by Gasteiger charge is 2.27. The van der Waals surface area contributed by atoms with Crippen molar-refractivity contribution in [1.29, 1.82) is 0 Å². The highest BCUT2D eigenvalue weighted by molar-refractivity contribution is 7.60. The first-order valence-corrected chi connectivity index (χ1v) is 7.69. The van der Waals surface area contributed by atoms with Gasteiger partial charge in [0.15, 0.2) is 0 Å². The van der Waals surface area contributed by atoms with Gasteiger partial charge < -0.3 is 42.7 Å². The fraction of sp³-hybridized carbons (Fsp3) is 0. The van der Waals surface area contributed by atoms with Gasteiger partial charge in [-0.3, -0.25) is 10.6 Å². The Morgan fingerprint density at radius 1 is 0.870 bits per heavy atom. The van der Waals surface area contributed by atoms with E-state index in [1.54, 1.807) is 0 Å². The van der Waals surface area contributed by atoms with Crippen molar-refractivity contribution in [3.8, 4) is 0 Å². The lowest BCUT2D eigenvalue weighted by Gasteiger charge is -2.03. The Morgan fingerprint density at radius 2 is 1.13 bits per heavy atom. The predicted octanol–water partition coefficient (Wildman–Crippen LogP) is -3.70. The summed E-state index contributed by atoms with van der Waals surface area (Å²) in [6.45, 7) is 0. The zero-order chi connectivity index (χ0) is 19.1. The van der Waals surface area contributed by atoms with Gasteiger partial charge in [-0.1, -0.05) is 0 Å². The molecule has 0 rings (SSSR count). The van der Waals surface area contributed by atoms with Gasteiger partial charge in [0.2, 0.25) is 0 Å². The van der Waals surface area contributed by atoms with Gasteiger partial charge in [-0.15, -0.1) is 0 Å². The quantitative estimate of drug-likeness (QED) is 0.0741. The minimum Gasteiger partial charge on any atom is -0.351 e. The largest absolute Gasteiger partial charge is 0.478 e. The van der Waals surface area contributed by atoms with Gasteiger partial charge >= 0.3 is 27.7 Å². The van der Waals surface area contributed by atoms with E-state index in [4.69, 9.17) is 19.6 Å². The average molecular weight is 382 g/mol. The van der Waals surface area contributed by atoms with Crippen LogP contribution in [0.2, 0.25) is 0 Å². The lowest BCUT2D eigenvalue weighted by atomic mass is 11.0. The van der Waals surface area contributed by atoms with Crippen molar-refractivity contribution in [2.24, 2.45) is 33.4 Å². The Morgan fingerprint density at radius 3 is 1.17 bits per heavy atom. The van der Waals surface area contributed by atoms with Crippen molar-refractivity contribution < 1.29 is 42.6 Å². The monoisotopic (exact) mass is 382 g/mol. The summed E-state index contributed by atoms with van der Waals surface area (Å²) in [5, 5.41) is 9.91. The lowest BCUT2D eigenvalue weighted by molar-refractivity contribution is 0.225. The molecule has 0 unspecified atom stereocenters. The third-order valence-corrected chi connectivity index (χ3v) is 2.48. The molecule has 0 bridgehead atoms. The van der Waals surface area contributed by atoms with Crippen molar-refractivity contribution in [1.82, 2.24) is 10.6 Å². The third kappa shape index (κ3) is 45.1. The molecule has 0 aliphatic heterocycles. The second-order valence-corrected chi connectivity index (χ2v) is 5.25. The van der Waals surface area contributed by atoms with E-state index in [0.29, 0.717) is 0 Å². The molecule has 0 fully saturated rings. The van der Waals surface area contributed by atoms with Gasteiger partial charge in [0.25, 0.3) is 0 Å². The number of urea groups is 2. The van der Waals surface area contributed by atoms with E-state index in [1.165, 1.54) is 0 Å². The highest BCUT2D eigenvalue weighted by Crippen LogP contribution is 2.53. The normalized spacial score (nSPS) is 11.0. The zero-order valence-corrected chi connectivity index (χ0v) is 12.9. The molecule has 17 nitrogen and oxygen atoms in total. The van der Waals surface area contributed by atoms with Crippen molar-refractivity contribution in [3.63, 3.8) is 0 Å². The fourth-order valence-electron chi connectivity index (χ4n) is 0.340. The van der Waals surface area contributed by atoms with Crippen LogP contribution in [-0.4, -0.2) is 44.3 Å². The van der Waals surface area contributed by atoms with Crippen LogP contribution in [0.15, 0.2) is 10.2 Å². The summed E-state index contributed by atoms with van der Waals surface area (Å²) in [6, 6.07) is -1.34. The number of rotatable bonds is 4. The molecule has 0 aliphatic rings. The van der Waals surface area contributed by atoms with Gasteiger partial charge in [0, 0.05) is 0 Å². The first kappa shape index (κ1) is 25.7. The first-order chi connectivity index (χ1) is 10.2. The minimum absolute atomic E-state index is 0.672. The van der Waals surface area contributed by atoms with Crippen LogP contribution in [0.3, 0.4) is 0 Å². The maximum Gasteiger partial charge on any atom is 0.478 e. The molecule has 0 aromatic heterocycles. The number of hydrogen-bond acceptors (Lipinski definition) is 9. The molecule has 14 N–H and O–H groups in total. The number of nitrogens with one attached hydrogen (secondary N) is 2. The average Bonchev–Trinajstić information content (AvgIpc) is 2.30. The van der Waals surface area contributed by atoms with Crippen LogP contribution in [0.5, 0.6) is 0 Å². The Hall–Kier alpha value is -2.26. The van der Waals surface area contributed by atoms with Crippen LogP contribution in [0.4, 0.5) is 9.59 Å². The van der Waals surface area contributed by atoms with Crippen molar-refractivity contribution in [2.75, 3.05) is 0 Å². The Kier molecular flexibility index (Phi) is 15.0. The van der Waals surface area contributed by atoms with Gasteiger partial charge in [0.1, 0.15) is 12.7 Å². The molecule has 0 aromatic carbocycles. The summed E-state index contributed by atoms with van der Waals surface area (Å²) in [6.07, 6.45) is 2.00. The summed E-state index contributed by atoms with van der Waals surface area (Å²) >= 11 is 0.